The molecule has 0 spiro atoms. The first-order valence-corrected chi connectivity index (χ1v) is 6.17. The molecule has 0 amide bonds. The summed E-state index contributed by atoms with van der Waals surface area (Å²) in [5.74, 6) is 0.316. The first-order chi connectivity index (χ1) is 9.61. The number of benzene rings is 1. The van der Waals surface area contributed by atoms with E-state index in [4.69, 9.17) is 14.2 Å². The minimum atomic E-state index is -0.529. The predicted octanol–water partition coefficient (Wildman–Crippen LogP) is 1.59. The van der Waals surface area contributed by atoms with Crippen LogP contribution in [0.2, 0.25) is 0 Å². The lowest BCUT2D eigenvalue weighted by atomic mass is 10.0. The van der Waals surface area contributed by atoms with Crippen molar-refractivity contribution in [1.29, 1.82) is 0 Å². The quantitative estimate of drug-likeness (QED) is 0.581. The second-order valence-electron chi connectivity index (χ2n) is 4.41. The lowest BCUT2D eigenvalue weighted by molar-refractivity contribution is -0.385. The Morgan fingerprint density at radius 1 is 1.50 bits per heavy atom. The Morgan fingerprint density at radius 3 is 2.90 bits per heavy atom. The minimum absolute atomic E-state index is 0.0731. The summed E-state index contributed by atoms with van der Waals surface area (Å²) >= 11 is 0. The number of hydrogen-bond donors (Lipinski definition) is 0. The number of ether oxygens (including phenoxy) is 3. The topological polar surface area (TPSA) is 87.9 Å². The van der Waals surface area contributed by atoms with Crippen LogP contribution in [-0.4, -0.2) is 37.6 Å². The van der Waals surface area contributed by atoms with Gasteiger partial charge in [0, 0.05) is 18.6 Å². The fraction of sp³-hybridized carbons (Fsp3) is 0.462. The van der Waals surface area contributed by atoms with Crippen molar-refractivity contribution in [2.75, 3.05) is 26.9 Å². The summed E-state index contributed by atoms with van der Waals surface area (Å²) in [4.78, 5) is 22.1. The molecule has 0 bridgehead atoms. The first-order valence-electron chi connectivity index (χ1n) is 6.17. The average Bonchev–Trinajstić information content (AvgIpc) is 2.98. The molecule has 20 heavy (non-hydrogen) atoms. The Balaban J connectivity index is 2.05. The van der Waals surface area contributed by atoms with E-state index in [1.54, 1.807) is 0 Å². The Morgan fingerprint density at radius 2 is 2.30 bits per heavy atom. The molecule has 1 aromatic carbocycles. The molecule has 108 valence electrons. The van der Waals surface area contributed by atoms with Gasteiger partial charge in [-0.15, -0.1) is 0 Å². The van der Waals surface area contributed by atoms with Crippen molar-refractivity contribution in [2.45, 2.75) is 6.42 Å². The highest BCUT2D eigenvalue weighted by molar-refractivity contribution is 5.82. The molecule has 0 aromatic heterocycles. The Kier molecular flexibility index (Phi) is 4.52. The summed E-state index contributed by atoms with van der Waals surface area (Å²) in [5, 5.41) is 10.7. The van der Waals surface area contributed by atoms with Crippen molar-refractivity contribution in [2.24, 2.45) is 5.92 Å². The molecule has 1 fully saturated rings. The third-order valence-corrected chi connectivity index (χ3v) is 3.11. The highest BCUT2D eigenvalue weighted by atomic mass is 16.6. The fourth-order valence-corrected chi connectivity index (χ4v) is 1.95. The van der Waals surface area contributed by atoms with Gasteiger partial charge in [-0.05, 0) is 12.5 Å². The zero-order valence-electron chi connectivity index (χ0n) is 11.0. The van der Waals surface area contributed by atoms with Gasteiger partial charge in [0.1, 0.15) is 6.61 Å². The normalized spacial score (nSPS) is 17.8. The number of rotatable bonds is 6. The van der Waals surface area contributed by atoms with Crippen LogP contribution in [0.25, 0.3) is 0 Å². The third-order valence-electron chi connectivity index (χ3n) is 3.11. The Labute approximate surface area is 115 Å². The molecular formula is C13H15NO6. The molecule has 1 saturated heterocycles. The SMILES string of the molecule is COc1ccc([N+](=O)[O-])cc1OCC(=O)C1CCOC1. The van der Waals surface area contributed by atoms with Crippen molar-refractivity contribution in [1.82, 2.24) is 0 Å². The maximum absolute atomic E-state index is 11.9. The zero-order valence-corrected chi connectivity index (χ0v) is 11.0. The van der Waals surface area contributed by atoms with Crippen LogP contribution in [0.3, 0.4) is 0 Å². The van der Waals surface area contributed by atoms with E-state index < -0.39 is 4.92 Å². The highest BCUT2D eigenvalue weighted by Gasteiger charge is 2.24. The van der Waals surface area contributed by atoms with Crippen molar-refractivity contribution >= 4 is 11.5 Å². The highest BCUT2D eigenvalue weighted by Crippen LogP contribution is 2.31. The van der Waals surface area contributed by atoms with Crippen molar-refractivity contribution in [3.63, 3.8) is 0 Å². The van der Waals surface area contributed by atoms with Gasteiger partial charge in [0.05, 0.1) is 24.7 Å². The van der Waals surface area contributed by atoms with Crippen LogP contribution < -0.4 is 9.47 Å². The van der Waals surface area contributed by atoms with Crippen LogP contribution in [0.1, 0.15) is 6.42 Å². The molecule has 2 rings (SSSR count). The summed E-state index contributed by atoms with van der Waals surface area (Å²) in [6.45, 7) is 0.844. The minimum Gasteiger partial charge on any atom is -0.493 e. The number of nitro benzene ring substituents is 1. The van der Waals surface area contributed by atoms with E-state index in [1.807, 2.05) is 0 Å². The summed E-state index contributed by atoms with van der Waals surface area (Å²) in [6.07, 6.45) is 0.689. The van der Waals surface area contributed by atoms with Crippen molar-refractivity contribution in [3.8, 4) is 11.5 Å². The van der Waals surface area contributed by atoms with E-state index in [0.29, 0.717) is 25.4 Å². The number of nitrogens with zero attached hydrogens (tertiary/aromatic N) is 1. The average molecular weight is 281 g/mol. The molecular weight excluding hydrogens is 266 g/mol. The molecule has 1 heterocycles. The summed E-state index contributed by atoms with van der Waals surface area (Å²) in [7, 11) is 1.43. The smallest absolute Gasteiger partial charge is 0.273 e. The summed E-state index contributed by atoms with van der Waals surface area (Å²) in [6, 6.07) is 4.01. The second-order valence-corrected chi connectivity index (χ2v) is 4.41. The van der Waals surface area contributed by atoms with Crippen molar-refractivity contribution < 1.29 is 23.9 Å². The number of Topliss-reactive ketones (excluding diaryl/α,β-unsaturated/α-hetero) is 1. The van der Waals surface area contributed by atoms with Crippen LogP contribution >= 0.6 is 0 Å². The van der Waals surface area contributed by atoms with E-state index in [0.717, 1.165) is 0 Å². The summed E-state index contributed by atoms with van der Waals surface area (Å²) in [5.41, 5.74) is -0.113. The van der Waals surface area contributed by atoms with E-state index in [1.165, 1.54) is 25.3 Å². The number of carbonyl (C=O) groups is 1. The zero-order chi connectivity index (χ0) is 14.5. The van der Waals surface area contributed by atoms with Gasteiger partial charge in [0.25, 0.3) is 5.69 Å². The number of methoxy groups -OCH3 is 1. The number of non-ortho nitro benzene ring substituents is 1. The Bertz CT molecular complexity index is 510. The Hall–Kier alpha value is -2.15. The number of nitro groups is 1. The molecule has 1 aliphatic heterocycles. The monoisotopic (exact) mass is 281 g/mol. The van der Waals surface area contributed by atoms with E-state index >= 15 is 0 Å². The van der Waals surface area contributed by atoms with Gasteiger partial charge in [0.15, 0.2) is 17.3 Å². The number of ketones is 1. The van der Waals surface area contributed by atoms with Gasteiger partial charge in [0.2, 0.25) is 0 Å². The van der Waals surface area contributed by atoms with E-state index in [-0.39, 0.29) is 29.7 Å². The van der Waals surface area contributed by atoms with Crippen LogP contribution in [-0.2, 0) is 9.53 Å². The molecule has 0 aliphatic carbocycles. The predicted molar refractivity (Wildman–Crippen MR) is 69.1 cm³/mol. The molecule has 0 N–H and O–H groups in total. The molecule has 7 heteroatoms. The third kappa shape index (κ3) is 3.24. The summed E-state index contributed by atoms with van der Waals surface area (Å²) < 4.78 is 15.5. The second kappa shape index (κ2) is 6.33. The molecule has 7 nitrogen and oxygen atoms in total. The lowest BCUT2D eigenvalue weighted by Gasteiger charge is -2.11. The number of carbonyl (C=O) groups excluding carboxylic acids is 1. The van der Waals surface area contributed by atoms with Gasteiger partial charge >= 0.3 is 0 Å². The molecule has 0 radical (unpaired) electrons. The van der Waals surface area contributed by atoms with Crippen LogP contribution in [0.15, 0.2) is 18.2 Å². The van der Waals surface area contributed by atoms with Gasteiger partial charge in [-0.1, -0.05) is 0 Å². The van der Waals surface area contributed by atoms with Gasteiger partial charge < -0.3 is 14.2 Å². The molecule has 1 atom stereocenters. The number of hydrogen-bond acceptors (Lipinski definition) is 6. The molecule has 1 aromatic rings. The molecule has 1 aliphatic rings. The molecule has 0 saturated carbocycles. The van der Waals surface area contributed by atoms with Gasteiger partial charge in [-0.25, -0.2) is 0 Å². The van der Waals surface area contributed by atoms with E-state index in [9.17, 15) is 14.9 Å². The van der Waals surface area contributed by atoms with Crippen LogP contribution in [0, 0.1) is 16.0 Å². The van der Waals surface area contributed by atoms with Crippen LogP contribution in [0.4, 0.5) is 5.69 Å². The lowest BCUT2D eigenvalue weighted by Crippen LogP contribution is -2.21. The van der Waals surface area contributed by atoms with Crippen molar-refractivity contribution in [3.05, 3.63) is 28.3 Å². The largest absolute Gasteiger partial charge is 0.493 e. The van der Waals surface area contributed by atoms with Gasteiger partial charge in [-0.3, -0.25) is 14.9 Å². The standard InChI is InChI=1S/C13H15NO6/c1-18-12-3-2-10(14(16)17)6-13(12)20-8-11(15)9-4-5-19-7-9/h2-3,6,9H,4-5,7-8H2,1H3. The van der Waals surface area contributed by atoms with Gasteiger partial charge in [-0.2, -0.15) is 0 Å². The fourth-order valence-electron chi connectivity index (χ4n) is 1.95. The maximum atomic E-state index is 11.9. The first kappa shape index (κ1) is 14.3. The van der Waals surface area contributed by atoms with E-state index in [2.05, 4.69) is 0 Å². The van der Waals surface area contributed by atoms with Crippen LogP contribution in [0.5, 0.6) is 11.5 Å². The maximum Gasteiger partial charge on any atom is 0.273 e. The molecule has 1 unspecified atom stereocenters.